The van der Waals surface area contributed by atoms with Gasteiger partial charge in [-0.1, -0.05) is 75.6 Å². The Hall–Kier alpha value is -9.20. The van der Waals surface area contributed by atoms with Gasteiger partial charge in [0.25, 0.3) is 0 Å². The number of halogens is 12. The molecule has 8 aromatic carbocycles. The number of unbranched alkanes of at least 4 members (excludes halogenated alkanes) is 10. The van der Waals surface area contributed by atoms with Crippen LogP contribution in [-0.2, 0) is 19.2 Å². The quantitative estimate of drug-likeness (QED) is 0.0228. The van der Waals surface area contributed by atoms with E-state index in [1.54, 1.807) is 0 Å². The molecule has 20 heteroatoms. The summed E-state index contributed by atoms with van der Waals surface area (Å²) in [5, 5.41) is 0. The first-order valence-electron chi connectivity index (χ1n) is 28.0. The van der Waals surface area contributed by atoms with E-state index in [4.69, 9.17) is 18.9 Å². The lowest BCUT2D eigenvalue weighted by atomic mass is 10.0. The van der Waals surface area contributed by atoms with Crippen LogP contribution in [0.4, 0.5) is 52.7 Å². The van der Waals surface area contributed by atoms with Gasteiger partial charge in [-0.25, -0.2) is 52.7 Å². The van der Waals surface area contributed by atoms with Crippen LogP contribution in [0.1, 0.15) is 103 Å². The molecule has 0 saturated heterocycles. The smallest absolute Gasteiger partial charge is 0.311 e. The highest BCUT2D eigenvalue weighted by Crippen LogP contribution is 2.32. The molecule has 88 heavy (non-hydrogen) atoms. The molecule has 0 aromatic heterocycles. The summed E-state index contributed by atoms with van der Waals surface area (Å²) in [5.74, 6) is -13.6. The maximum Gasteiger partial charge on any atom is 0.311 e. The Kier molecular flexibility index (Phi) is 24.5. The van der Waals surface area contributed by atoms with Gasteiger partial charge in [-0.3, -0.25) is 19.2 Å². The molecule has 0 N–H and O–H groups in total. The fourth-order valence-corrected chi connectivity index (χ4v) is 9.05. The Morgan fingerprint density at radius 2 is 0.409 bits per heavy atom. The summed E-state index contributed by atoms with van der Waals surface area (Å²) in [5.41, 5.74) is 0.782. The third kappa shape index (κ3) is 19.9. The van der Waals surface area contributed by atoms with Crippen molar-refractivity contribution in [1.82, 2.24) is 0 Å². The van der Waals surface area contributed by atoms with Crippen LogP contribution in [0.5, 0.6) is 23.0 Å². The standard InChI is InChI=1S/C35H30F6O4.C33H26F6O4/c36-28-16-10-22(18-32(28)40)26-14-12-24(20-30(26)38)44-34(42)8-6-4-2-1-3-5-7-9-35(43)45-25-13-15-27(31(39)21-25)23-11-17-29(37)33(41)19-23;34-26-14-8-20(16-30(26)38)24-12-10-22(18-28(24)36)42-32(40)6-4-2-1-3-5-7-33(41)43-23-11-13-25(29(37)19-23)21-9-15-27(35)31(39)17-21/h10-21H,1-9H2;8-19H,1-7H2. The van der Waals surface area contributed by atoms with E-state index in [1.807, 2.05) is 0 Å². The second kappa shape index (κ2) is 32.5. The topological polar surface area (TPSA) is 105 Å². The van der Waals surface area contributed by atoms with E-state index in [2.05, 4.69) is 0 Å². The van der Waals surface area contributed by atoms with Gasteiger partial charge in [0, 0.05) is 72.2 Å². The zero-order valence-corrected chi connectivity index (χ0v) is 47.0. The van der Waals surface area contributed by atoms with Crippen LogP contribution in [0.2, 0.25) is 0 Å². The third-order valence-corrected chi connectivity index (χ3v) is 13.6. The van der Waals surface area contributed by atoms with Crippen LogP contribution >= 0.6 is 0 Å². The lowest BCUT2D eigenvalue weighted by Crippen LogP contribution is -2.08. The van der Waals surface area contributed by atoms with Crippen molar-refractivity contribution in [3.05, 3.63) is 215 Å². The van der Waals surface area contributed by atoms with Crippen molar-refractivity contribution in [3.63, 3.8) is 0 Å². The molecule has 0 unspecified atom stereocenters. The Balaban J connectivity index is 0.000000251. The summed E-state index contributed by atoms with van der Waals surface area (Å²) in [6.45, 7) is 0. The maximum atomic E-state index is 14.5. The normalized spacial score (nSPS) is 11.0. The number of carbonyl (C=O) groups excluding carboxylic acids is 4. The van der Waals surface area contributed by atoms with Crippen LogP contribution in [0, 0.1) is 69.8 Å². The Morgan fingerprint density at radius 3 is 0.591 bits per heavy atom. The summed E-state index contributed by atoms with van der Waals surface area (Å²) in [7, 11) is 0. The van der Waals surface area contributed by atoms with Gasteiger partial charge in [-0.05, 0) is 145 Å². The molecule has 0 aliphatic rings. The molecule has 0 saturated carbocycles. The van der Waals surface area contributed by atoms with Crippen molar-refractivity contribution < 1.29 is 90.8 Å². The van der Waals surface area contributed by atoms with Crippen molar-refractivity contribution in [2.45, 2.75) is 103 Å². The van der Waals surface area contributed by atoms with Crippen molar-refractivity contribution in [2.24, 2.45) is 0 Å². The van der Waals surface area contributed by atoms with Crippen LogP contribution in [0.25, 0.3) is 44.5 Å². The van der Waals surface area contributed by atoms with Crippen LogP contribution in [-0.4, -0.2) is 23.9 Å². The predicted molar refractivity (Wildman–Crippen MR) is 303 cm³/mol. The highest BCUT2D eigenvalue weighted by atomic mass is 19.2. The van der Waals surface area contributed by atoms with E-state index in [0.29, 0.717) is 38.5 Å². The highest BCUT2D eigenvalue weighted by molar-refractivity contribution is 5.76. The SMILES string of the molecule is O=C(CCCCCCCC(=O)Oc1ccc(-c2ccc(F)c(F)c2)c(F)c1)Oc1ccc(-c2ccc(F)c(F)c2)c(F)c1.O=C(CCCCCCCCCC(=O)Oc1ccc(-c2ccc(F)c(F)c2)c(F)c1)Oc1ccc(-c2ccc(F)c(F)c2)c(F)c1. The van der Waals surface area contributed by atoms with Gasteiger partial charge >= 0.3 is 23.9 Å². The molecule has 0 amide bonds. The van der Waals surface area contributed by atoms with Crippen LogP contribution in [0.15, 0.2) is 146 Å². The molecule has 0 spiro atoms. The first-order chi connectivity index (χ1) is 42.2. The van der Waals surface area contributed by atoms with Gasteiger partial charge in [-0.15, -0.1) is 0 Å². The summed E-state index contributed by atoms with van der Waals surface area (Å²) in [4.78, 5) is 48.5. The average Bonchev–Trinajstić information content (AvgIpc) is 3.59. The molecule has 8 aromatic rings. The lowest BCUT2D eigenvalue weighted by Gasteiger charge is -2.08. The molecular formula is C68H56F12O8. The molecule has 0 heterocycles. The highest BCUT2D eigenvalue weighted by Gasteiger charge is 2.18. The molecule has 0 fully saturated rings. The minimum Gasteiger partial charge on any atom is -0.426 e. The van der Waals surface area contributed by atoms with Crippen molar-refractivity contribution >= 4 is 23.9 Å². The average molecular weight is 1230 g/mol. The van der Waals surface area contributed by atoms with Crippen LogP contribution < -0.4 is 18.9 Å². The molecule has 0 radical (unpaired) electrons. The number of carbonyl (C=O) groups is 4. The van der Waals surface area contributed by atoms with Gasteiger partial charge in [-0.2, -0.15) is 0 Å². The molecular weight excluding hydrogens is 1170 g/mol. The monoisotopic (exact) mass is 1230 g/mol. The van der Waals surface area contributed by atoms with Gasteiger partial charge < -0.3 is 18.9 Å². The summed E-state index contributed by atoms with van der Waals surface area (Å²) < 4.78 is 185. The zero-order chi connectivity index (χ0) is 63.3. The minimum atomic E-state index is -1.10. The molecule has 460 valence electrons. The fourth-order valence-electron chi connectivity index (χ4n) is 9.05. The summed E-state index contributed by atoms with van der Waals surface area (Å²) in [6.07, 6.45) is 9.03. The molecule has 0 aliphatic heterocycles. The molecule has 0 atom stereocenters. The second-order valence-electron chi connectivity index (χ2n) is 20.2. The molecule has 0 aliphatic carbocycles. The van der Waals surface area contributed by atoms with E-state index in [1.165, 1.54) is 72.8 Å². The molecule has 0 bridgehead atoms. The van der Waals surface area contributed by atoms with Crippen molar-refractivity contribution in [3.8, 4) is 67.5 Å². The van der Waals surface area contributed by atoms with E-state index in [0.717, 1.165) is 111 Å². The first kappa shape index (κ1) is 66.3. The number of esters is 4. The predicted octanol–water partition coefficient (Wildman–Crippen LogP) is 19.0. The molecule has 8 rings (SSSR count). The number of hydrogen-bond acceptors (Lipinski definition) is 8. The Morgan fingerprint density at radius 1 is 0.216 bits per heavy atom. The Labute approximate surface area is 498 Å². The fraction of sp³-hybridized carbons (Fsp3) is 0.235. The van der Waals surface area contributed by atoms with Gasteiger partial charge in [0.2, 0.25) is 0 Å². The van der Waals surface area contributed by atoms with Gasteiger partial charge in [0.1, 0.15) is 46.3 Å². The minimum absolute atomic E-state index is 0.00813. The largest absolute Gasteiger partial charge is 0.426 e. The number of rotatable bonds is 26. The third-order valence-electron chi connectivity index (χ3n) is 13.6. The van der Waals surface area contributed by atoms with Crippen molar-refractivity contribution in [2.75, 3.05) is 0 Å². The zero-order valence-electron chi connectivity index (χ0n) is 47.0. The van der Waals surface area contributed by atoms with E-state index >= 15 is 0 Å². The van der Waals surface area contributed by atoms with E-state index in [-0.39, 0.29) is 93.2 Å². The summed E-state index contributed by atoms with van der Waals surface area (Å²) in [6, 6.07) is 27.0. The van der Waals surface area contributed by atoms with Gasteiger partial charge in [0.15, 0.2) is 46.5 Å². The van der Waals surface area contributed by atoms with Crippen LogP contribution in [0.3, 0.4) is 0 Å². The Bertz CT molecular complexity index is 3520. The number of hydrogen-bond donors (Lipinski definition) is 0. The lowest BCUT2D eigenvalue weighted by molar-refractivity contribution is -0.135. The number of benzene rings is 8. The maximum absolute atomic E-state index is 14.5. The van der Waals surface area contributed by atoms with E-state index < -0.39 is 93.7 Å². The summed E-state index contributed by atoms with van der Waals surface area (Å²) >= 11 is 0. The van der Waals surface area contributed by atoms with E-state index in [9.17, 15) is 71.9 Å². The first-order valence-corrected chi connectivity index (χ1v) is 28.0. The van der Waals surface area contributed by atoms with Crippen molar-refractivity contribution in [1.29, 1.82) is 0 Å². The molecule has 8 nitrogen and oxygen atoms in total. The second-order valence-corrected chi connectivity index (χ2v) is 20.2. The van der Waals surface area contributed by atoms with Gasteiger partial charge in [0.05, 0.1) is 0 Å². The number of ether oxygens (including phenoxy) is 4.